The molecule has 1 fully saturated rings. The first-order valence-corrected chi connectivity index (χ1v) is 11.3. The van der Waals surface area contributed by atoms with Gasteiger partial charge in [0.15, 0.2) is 9.84 Å². The number of benzene rings is 2. The van der Waals surface area contributed by atoms with E-state index in [4.69, 9.17) is 16.3 Å². The number of likely N-dealkylation sites (N-methyl/N-ethyl adjacent to an activating group) is 1. The largest absolute Gasteiger partial charge is 0.456 e. The zero-order chi connectivity index (χ0) is 20.1. The summed E-state index contributed by atoms with van der Waals surface area (Å²) < 4.78 is 29.1. The summed E-state index contributed by atoms with van der Waals surface area (Å²) in [5.41, 5.74) is 0.645. The number of carbonyl (C=O) groups is 1. The number of rotatable bonds is 7. The Morgan fingerprint density at radius 2 is 1.93 bits per heavy atom. The van der Waals surface area contributed by atoms with Gasteiger partial charge in [0.1, 0.15) is 11.5 Å². The summed E-state index contributed by atoms with van der Waals surface area (Å²) in [6, 6.07) is 14.1. The summed E-state index contributed by atoms with van der Waals surface area (Å²) in [6.45, 7) is 2.71. The first-order chi connectivity index (χ1) is 13.4. The van der Waals surface area contributed by atoms with Gasteiger partial charge >= 0.3 is 0 Å². The van der Waals surface area contributed by atoms with Gasteiger partial charge in [0.05, 0.1) is 23.1 Å². The molecule has 0 saturated carbocycles. The molecule has 0 aliphatic carbocycles. The number of nitrogens with one attached hydrogen (secondary N) is 1. The highest BCUT2D eigenvalue weighted by Gasteiger charge is 2.32. The Balaban J connectivity index is 1.56. The smallest absolute Gasteiger partial charge is 0.238 e. The lowest BCUT2D eigenvalue weighted by molar-refractivity contribution is -0.117. The number of halogens is 1. The molecule has 3 rings (SSSR count). The van der Waals surface area contributed by atoms with E-state index < -0.39 is 9.84 Å². The van der Waals surface area contributed by atoms with E-state index in [2.05, 4.69) is 5.32 Å². The van der Waals surface area contributed by atoms with Crippen molar-refractivity contribution < 1.29 is 17.9 Å². The van der Waals surface area contributed by atoms with Crippen LogP contribution >= 0.6 is 11.6 Å². The minimum absolute atomic E-state index is 0.0906. The number of hydrogen-bond donors (Lipinski definition) is 1. The predicted molar refractivity (Wildman–Crippen MR) is 111 cm³/mol. The van der Waals surface area contributed by atoms with Gasteiger partial charge in [0.2, 0.25) is 5.91 Å². The molecule has 0 aromatic heterocycles. The molecule has 1 aliphatic rings. The molecule has 2 aromatic rings. The molecule has 1 heterocycles. The van der Waals surface area contributed by atoms with E-state index in [9.17, 15) is 13.2 Å². The van der Waals surface area contributed by atoms with Crippen LogP contribution in [0.3, 0.4) is 0 Å². The van der Waals surface area contributed by atoms with Crippen LogP contribution in [-0.2, 0) is 14.6 Å². The van der Waals surface area contributed by atoms with Crippen LogP contribution in [-0.4, -0.2) is 49.9 Å². The first-order valence-electron chi connectivity index (χ1n) is 9.13. The maximum absolute atomic E-state index is 12.4. The van der Waals surface area contributed by atoms with Crippen molar-refractivity contribution in [2.75, 3.05) is 29.9 Å². The molecule has 28 heavy (non-hydrogen) atoms. The predicted octanol–water partition coefficient (Wildman–Crippen LogP) is 3.58. The van der Waals surface area contributed by atoms with E-state index >= 15 is 0 Å². The molecule has 0 spiro atoms. The van der Waals surface area contributed by atoms with Gasteiger partial charge in [-0.2, -0.15) is 0 Å². The van der Waals surface area contributed by atoms with Crippen molar-refractivity contribution in [2.45, 2.75) is 19.4 Å². The van der Waals surface area contributed by atoms with E-state index in [0.29, 0.717) is 35.2 Å². The monoisotopic (exact) mass is 422 g/mol. The standard InChI is InChI=1S/C20H23ClN2O4S/c1-2-23(16-11-12-28(25,26)14-16)13-20(24)22-15-7-9-17(10-8-15)27-19-6-4-3-5-18(19)21/h3-10,16H,2,11-14H2,1H3,(H,22,24)/t16-/m1/s1. The molecule has 2 aromatic carbocycles. The highest BCUT2D eigenvalue weighted by atomic mass is 35.5. The first kappa shape index (κ1) is 20.6. The molecule has 6 nitrogen and oxygen atoms in total. The van der Waals surface area contributed by atoms with Gasteiger partial charge in [-0.05, 0) is 49.4 Å². The minimum Gasteiger partial charge on any atom is -0.456 e. The average Bonchev–Trinajstić information content (AvgIpc) is 3.03. The summed E-state index contributed by atoms with van der Waals surface area (Å²) in [4.78, 5) is 14.3. The third kappa shape index (κ3) is 5.47. The Bertz CT molecular complexity index is 931. The second kappa shape index (κ2) is 8.94. The summed E-state index contributed by atoms with van der Waals surface area (Å²) in [6.07, 6.45) is 0.581. The number of anilines is 1. The maximum atomic E-state index is 12.4. The number of hydrogen-bond acceptors (Lipinski definition) is 5. The molecular weight excluding hydrogens is 400 g/mol. The zero-order valence-electron chi connectivity index (χ0n) is 15.6. The summed E-state index contributed by atoms with van der Waals surface area (Å²) in [5, 5.41) is 3.36. The van der Waals surface area contributed by atoms with Crippen molar-refractivity contribution in [2.24, 2.45) is 0 Å². The van der Waals surface area contributed by atoms with Gasteiger partial charge in [0.25, 0.3) is 0 Å². The molecule has 1 saturated heterocycles. The van der Waals surface area contributed by atoms with Gasteiger partial charge in [-0.1, -0.05) is 30.7 Å². The van der Waals surface area contributed by atoms with E-state index in [1.54, 1.807) is 36.4 Å². The Hall–Kier alpha value is -2.09. The fourth-order valence-electron chi connectivity index (χ4n) is 3.21. The molecule has 1 aliphatic heterocycles. The molecule has 1 atom stereocenters. The van der Waals surface area contributed by atoms with Gasteiger partial charge < -0.3 is 10.1 Å². The van der Waals surface area contributed by atoms with Crippen LogP contribution in [0, 0.1) is 0 Å². The Morgan fingerprint density at radius 1 is 1.21 bits per heavy atom. The molecular formula is C20H23ClN2O4S. The van der Waals surface area contributed by atoms with E-state index in [1.807, 2.05) is 24.0 Å². The number of carbonyl (C=O) groups excluding carboxylic acids is 1. The molecule has 1 N–H and O–H groups in total. The second-order valence-corrected chi connectivity index (χ2v) is 9.36. The SMILES string of the molecule is CCN(CC(=O)Nc1ccc(Oc2ccccc2Cl)cc1)[C@@H]1CCS(=O)(=O)C1. The highest BCUT2D eigenvalue weighted by molar-refractivity contribution is 7.91. The van der Waals surface area contributed by atoms with Crippen molar-refractivity contribution in [3.05, 3.63) is 53.6 Å². The third-order valence-corrected chi connectivity index (χ3v) is 6.74. The second-order valence-electron chi connectivity index (χ2n) is 6.72. The lowest BCUT2D eigenvalue weighted by Crippen LogP contribution is -2.41. The number of ether oxygens (including phenoxy) is 1. The zero-order valence-corrected chi connectivity index (χ0v) is 17.2. The van der Waals surface area contributed by atoms with E-state index in [-0.39, 0.29) is 30.0 Å². The quantitative estimate of drug-likeness (QED) is 0.738. The van der Waals surface area contributed by atoms with Crippen LogP contribution in [0.2, 0.25) is 5.02 Å². The maximum Gasteiger partial charge on any atom is 0.238 e. The fraction of sp³-hybridized carbons (Fsp3) is 0.350. The molecule has 0 radical (unpaired) electrons. The van der Waals surface area contributed by atoms with Crippen molar-refractivity contribution in [3.63, 3.8) is 0 Å². The Labute approximate surface area is 170 Å². The average molecular weight is 423 g/mol. The number of sulfone groups is 1. The topological polar surface area (TPSA) is 75.7 Å². The summed E-state index contributed by atoms with van der Waals surface area (Å²) in [7, 11) is -2.98. The van der Waals surface area contributed by atoms with E-state index in [1.165, 1.54) is 0 Å². The van der Waals surface area contributed by atoms with Gasteiger partial charge in [-0.25, -0.2) is 8.42 Å². The van der Waals surface area contributed by atoms with Crippen LogP contribution in [0.1, 0.15) is 13.3 Å². The minimum atomic E-state index is -2.98. The van der Waals surface area contributed by atoms with Gasteiger partial charge in [-0.15, -0.1) is 0 Å². The van der Waals surface area contributed by atoms with Crippen molar-refractivity contribution in [1.29, 1.82) is 0 Å². The Morgan fingerprint density at radius 3 is 2.54 bits per heavy atom. The number of nitrogens with zero attached hydrogens (tertiary/aromatic N) is 1. The highest BCUT2D eigenvalue weighted by Crippen LogP contribution is 2.29. The molecule has 150 valence electrons. The Kier molecular flexibility index (Phi) is 6.59. The lowest BCUT2D eigenvalue weighted by Gasteiger charge is -2.25. The van der Waals surface area contributed by atoms with Crippen LogP contribution in [0.25, 0.3) is 0 Å². The van der Waals surface area contributed by atoms with Crippen molar-refractivity contribution in [3.8, 4) is 11.5 Å². The molecule has 1 amide bonds. The van der Waals surface area contributed by atoms with Crippen LogP contribution in [0.15, 0.2) is 48.5 Å². The fourth-order valence-corrected chi connectivity index (χ4v) is 5.14. The van der Waals surface area contributed by atoms with E-state index in [0.717, 1.165) is 0 Å². The summed E-state index contributed by atoms with van der Waals surface area (Å²) >= 11 is 6.08. The third-order valence-electron chi connectivity index (χ3n) is 4.68. The summed E-state index contributed by atoms with van der Waals surface area (Å²) in [5.74, 6) is 1.32. The van der Waals surface area contributed by atoms with Gasteiger partial charge in [0, 0.05) is 11.7 Å². The number of amides is 1. The normalized spacial score (nSPS) is 18.2. The van der Waals surface area contributed by atoms with Gasteiger partial charge in [-0.3, -0.25) is 9.69 Å². The molecule has 8 heteroatoms. The van der Waals surface area contributed by atoms with Crippen LogP contribution in [0.4, 0.5) is 5.69 Å². The van der Waals surface area contributed by atoms with Crippen LogP contribution < -0.4 is 10.1 Å². The number of para-hydroxylation sites is 1. The van der Waals surface area contributed by atoms with Crippen molar-refractivity contribution in [1.82, 2.24) is 4.90 Å². The lowest BCUT2D eigenvalue weighted by atomic mass is 10.2. The van der Waals surface area contributed by atoms with Crippen molar-refractivity contribution >= 4 is 33.0 Å². The molecule has 0 bridgehead atoms. The van der Waals surface area contributed by atoms with Crippen LogP contribution in [0.5, 0.6) is 11.5 Å². The molecule has 0 unspecified atom stereocenters.